The Morgan fingerprint density at radius 3 is 2.66 bits per heavy atom. The zero-order chi connectivity index (χ0) is 24.5. The first kappa shape index (κ1) is 23.4. The molecule has 2 aromatic rings. The molecule has 7 rings (SSSR count). The van der Waals surface area contributed by atoms with Crippen molar-refractivity contribution in [2.45, 2.75) is 43.0 Å². The van der Waals surface area contributed by atoms with E-state index >= 15 is 8.78 Å². The number of hydrogen-bond donors (Lipinski definition) is 1. The number of nitrogens with zero attached hydrogens (tertiary/aromatic N) is 3. The molecule has 1 N–H and O–H groups in total. The Kier molecular flexibility index (Phi) is 5.50. The van der Waals surface area contributed by atoms with Gasteiger partial charge in [0, 0.05) is 38.3 Å². The number of nitrogens with one attached hydrogen (secondary N) is 1. The number of fused-ring (bicyclic) bond motifs is 1. The summed E-state index contributed by atoms with van der Waals surface area (Å²) < 4.78 is 70.9. The van der Waals surface area contributed by atoms with E-state index in [0.717, 1.165) is 49.9 Å². The Balaban J connectivity index is 1.22. The van der Waals surface area contributed by atoms with E-state index in [1.165, 1.54) is 31.5 Å². The summed E-state index contributed by atoms with van der Waals surface area (Å²) in [7, 11) is -4.73. The van der Waals surface area contributed by atoms with E-state index in [1.54, 1.807) is 0 Å². The molecule has 3 aliphatic heterocycles. The minimum atomic E-state index is -4.73. The Bertz CT molecular complexity index is 1290. The van der Waals surface area contributed by atoms with Gasteiger partial charge in [0.2, 0.25) is 5.95 Å². The Morgan fingerprint density at radius 2 is 2.00 bits per heavy atom. The zero-order valence-electron chi connectivity index (χ0n) is 19.0. The molecule has 188 valence electrons. The highest BCUT2D eigenvalue weighted by molar-refractivity contribution is 7.92. The van der Waals surface area contributed by atoms with Gasteiger partial charge < -0.3 is 4.90 Å². The average molecular weight is 527 g/mol. The standard InChI is InChI=1S/C24H26ClF3N4O2S/c25-21-18(10-17(26)23(22(21)28)35(33,34)30-20-3-1-2-19(27)29-20)31-7-6-24(13-31)5-4-15(24)12-32-11-14-8-16(32)9-14/h1-3,10,14-16H,4-9,11-13H2,(H,29,30)/t14?,15-,16?,24-/m0/s1. The highest BCUT2D eigenvalue weighted by Crippen LogP contribution is 2.55. The van der Waals surface area contributed by atoms with Crippen molar-refractivity contribution in [1.82, 2.24) is 9.88 Å². The molecule has 5 aliphatic rings. The van der Waals surface area contributed by atoms with Crippen LogP contribution >= 0.6 is 11.6 Å². The fourth-order valence-corrected chi connectivity index (χ4v) is 7.98. The first-order chi connectivity index (χ1) is 16.6. The fourth-order valence-electron chi connectivity index (χ4n) is 6.51. The van der Waals surface area contributed by atoms with Crippen LogP contribution in [-0.2, 0) is 10.0 Å². The van der Waals surface area contributed by atoms with Crippen molar-refractivity contribution >= 4 is 33.1 Å². The number of halogens is 4. The molecule has 0 unspecified atom stereocenters. The van der Waals surface area contributed by atoms with Gasteiger partial charge in [-0.05, 0) is 61.5 Å². The van der Waals surface area contributed by atoms with Crippen LogP contribution in [0, 0.1) is 34.8 Å². The van der Waals surface area contributed by atoms with Gasteiger partial charge in [-0.1, -0.05) is 17.7 Å². The summed E-state index contributed by atoms with van der Waals surface area (Å²) in [5, 5.41) is -0.438. The molecule has 0 radical (unpaired) electrons. The summed E-state index contributed by atoms with van der Waals surface area (Å²) in [6, 6.07) is 5.15. The first-order valence-corrected chi connectivity index (χ1v) is 13.8. The van der Waals surface area contributed by atoms with Crippen LogP contribution in [0.4, 0.5) is 24.7 Å². The second kappa shape index (κ2) is 8.24. The van der Waals surface area contributed by atoms with E-state index in [4.69, 9.17) is 11.6 Å². The van der Waals surface area contributed by atoms with Crippen LogP contribution in [0.3, 0.4) is 0 Å². The molecule has 4 heterocycles. The van der Waals surface area contributed by atoms with Crippen molar-refractivity contribution in [3.63, 3.8) is 0 Å². The van der Waals surface area contributed by atoms with Gasteiger partial charge in [0.05, 0.1) is 5.69 Å². The number of aromatic nitrogens is 1. The number of sulfonamides is 1. The molecule has 2 bridgehead atoms. The topological polar surface area (TPSA) is 65.5 Å². The molecule has 1 aromatic heterocycles. The van der Waals surface area contributed by atoms with Crippen LogP contribution in [0.25, 0.3) is 0 Å². The predicted octanol–water partition coefficient (Wildman–Crippen LogP) is 4.65. The molecule has 1 aromatic carbocycles. The van der Waals surface area contributed by atoms with E-state index in [-0.39, 0.29) is 11.1 Å². The maximum Gasteiger partial charge on any atom is 0.268 e. The normalized spacial score (nSPS) is 29.9. The molecule has 6 nitrogen and oxygen atoms in total. The smallest absolute Gasteiger partial charge is 0.268 e. The van der Waals surface area contributed by atoms with Crippen LogP contribution < -0.4 is 9.62 Å². The van der Waals surface area contributed by atoms with Crippen LogP contribution in [0.5, 0.6) is 0 Å². The summed E-state index contributed by atoms with van der Waals surface area (Å²) in [4.78, 5) is 6.67. The summed E-state index contributed by atoms with van der Waals surface area (Å²) >= 11 is 6.28. The van der Waals surface area contributed by atoms with Gasteiger partial charge in [-0.25, -0.2) is 22.2 Å². The molecule has 2 atom stereocenters. The summed E-state index contributed by atoms with van der Waals surface area (Å²) in [5.41, 5.74) is 0.272. The number of benzene rings is 1. The Labute approximate surface area is 207 Å². The number of rotatable bonds is 6. The Hall–Kier alpha value is -2.04. The van der Waals surface area contributed by atoms with Crippen molar-refractivity contribution in [2.24, 2.45) is 17.3 Å². The van der Waals surface area contributed by atoms with E-state index in [9.17, 15) is 12.8 Å². The third kappa shape index (κ3) is 3.88. The maximum atomic E-state index is 15.2. The highest BCUT2D eigenvalue weighted by atomic mass is 35.5. The third-order valence-electron chi connectivity index (χ3n) is 8.58. The van der Waals surface area contributed by atoms with Gasteiger partial charge in [-0.15, -0.1) is 0 Å². The molecule has 2 saturated carbocycles. The quantitative estimate of drug-likeness (QED) is 0.438. The average Bonchev–Trinajstić information content (AvgIpc) is 3.48. The third-order valence-corrected chi connectivity index (χ3v) is 10.3. The lowest BCUT2D eigenvalue weighted by Gasteiger charge is -2.49. The minimum Gasteiger partial charge on any atom is -0.370 e. The Morgan fingerprint density at radius 1 is 1.20 bits per heavy atom. The van der Waals surface area contributed by atoms with E-state index < -0.39 is 43.3 Å². The molecule has 0 amide bonds. The van der Waals surface area contributed by atoms with Crippen LogP contribution in [0.15, 0.2) is 29.2 Å². The van der Waals surface area contributed by atoms with Crippen molar-refractivity contribution in [3.05, 3.63) is 46.9 Å². The second-order valence-electron chi connectivity index (χ2n) is 10.5. The number of pyridine rings is 1. The molecular weight excluding hydrogens is 501 g/mol. The van der Waals surface area contributed by atoms with Crippen molar-refractivity contribution < 1.29 is 21.6 Å². The van der Waals surface area contributed by atoms with E-state index in [2.05, 4.69) is 9.88 Å². The summed E-state index contributed by atoms with van der Waals surface area (Å²) in [6.45, 7) is 3.54. The van der Waals surface area contributed by atoms with Crippen LogP contribution in [-0.4, -0.2) is 50.5 Å². The second-order valence-corrected chi connectivity index (χ2v) is 12.5. The van der Waals surface area contributed by atoms with Gasteiger partial charge in [-0.3, -0.25) is 9.62 Å². The number of anilines is 2. The van der Waals surface area contributed by atoms with Gasteiger partial charge >= 0.3 is 0 Å². The fraction of sp³-hybridized carbons (Fsp3) is 0.542. The molecule has 2 aliphatic carbocycles. The van der Waals surface area contributed by atoms with E-state index in [1.807, 2.05) is 9.62 Å². The molecule has 3 saturated heterocycles. The minimum absolute atomic E-state index is 0.110. The lowest BCUT2D eigenvalue weighted by atomic mass is 9.59. The molecule has 11 heteroatoms. The van der Waals surface area contributed by atoms with Crippen molar-refractivity contribution in [2.75, 3.05) is 35.8 Å². The molecule has 35 heavy (non-hydrogen) atoms. The maximum absolute atomic E-state index is 15.2. The van der Waals surface area contributed by atoms with Gasteiger partial charge in [0.15, 0.2) is 10.7 Å². The van der Waals surface area contributed by atoms with Crippen molar-refractivity contribution in [1.29, 1.82) is 0 Å². The zero-order valence-corrected chi connectivity index (χ0v) is 20.6. The van der Waals surface area contributed by atoms with Gasteiger partial charge in [0.25, 0.3) is 10.0 Å². The molecule has 1 spiro atoms. The SMILES string of the molecule is O=S(=O)(Nc1cccc(F)n1)c1c(F)cc(N2CC[C@@]3(CC[C@H]3CN3CC4CC3C4)C2)c(Cl)c1F. The highest BCUT2D eigenvalue weighted by Gasteiger charge is 2.53. The van der Waals surface area contributed by atoms with E-state index in [0.29, 0.717) is 19.0 Å². The predicted molar refractivity (Wildman–Crippen MR) is 126 cm³/mol. The van der Waals surface area contributed by atoms with Crippen molar-refractivity contribution in [3.8, 4) is 0 Å². The lowest BCUT2D eigenvalue weighted by molar-refractivity contribution is 0.0211. The van der Waals surface area contributed by atoms with Gasteiger partial charge in [0.1, 0.15) is 16.7 Å². The van der Waals surface area contributed by atoms with Crippen LogP contribution in [0.1, 0.15) is 32.1 Å². The molecular formula is C24H26ClF3N4O2S. The lowest BCUT2D eigenvalue weighted by Crippen LogP contribution is -2.48. The number of hydrogen-bond acceptors (Lipinski definition) is 5. The summed E-state index contributed by atoms with van der Waals surface area (Å²) in [6.07, 6.45) is 5.80. The summed E-state index contributed by atoms with van der Waals surface area (Å²) in [5.74, 6) is -2.53. The van der Waals surface area contributed by atoms with Crippen LogP contribution in [0.2, 0.25) is 5.02 Å². The first-order valence-electron chi connectivity index (χ1n) is 12.0. The largest absolute Gasteiger partial charge is 0.370 e. The monoisotopic (exact) mass is 526 g/mol. The van der Waals surface area contributed by atoms with Gasteiger partial charge in [-0.2, -0.15) is 4.39 Å². The molecule has 5 fully saturated rings.